The number of fused-ring (bicyclic) bond motifs is 1. The first-order valence-electron chi connectivity index (χ1n) is 8.11. The summed E-state index contributed by atoms with van der Waals surface area (Å²) in [6.45, 7) is 2.69. The Morgan fingerprint density at radius 2 is 2.16 bits per heavy atom. The van der Waals surface area contributed by atoms with E-state index in [-0.39, 0.29) is 30.7 Å². The second-order valence-corrected chi connectivity index (χ2v) is 8.30. The first kappa shape index (κ1) is 18.1. The molecule has 0 bridgehead atoms. The zero-order valence-corrected chi connectivity index (χ0v) is 15.3. The maximum absolute atomic E-state index is 12.6. The normalized spacial score (nSPS) is 25.9. The molecule has 0 saturated carbocycles. The number of likely N-dealkylation sites (tertiary alicyclic amines) is 1. The van der Waals surface area contributed by atoms with Crippen LogP contribution < -0.4 is 5.32 Å². The van der Waals surface area contributed by atoms with Crippen LogP contribution in [0, 0.1) is 11.8 Å². The van der Waals surface area contributed by atoms with E-state index in [4.69, 9.17) is 11.6 Å². The minimum absolute atomic E-state index is 0.0532. The van der Waals surface area contributed by atoms with Crippen LogP contribution in [0.4, 0.5) is 5.69 Å². The van der Waals surface area contributed by atoms with Crippen LogP contribution >= 0.6 is 23.4 Å². The van der Waals surface area contributed by atoms with Gasteiger partial charge in [0.05, 0.1) is 16.9 Å². The summed E-state index contributed by atoms with van der Waals surface area (Å²) in [5.41, 5.74) is 0.656. The summed E-state index contributed by atoms with van der Waals surface area (Å²) in [6, 6.07) is 5.25. The van der Waals surface area contributed by atoms with E-state index in [2.05, 4.69) is 5.32 Å². The highest BCUT2D eigenvalue weighted by Crippen LogP contribution is 2.38. The zero-order chi connectivity index (χ0) is 18.1. The van der Waals surface area contributed by atoms with Crippen molar-refractivity contribution in [3.05, 3.63) is 23.2 Å². The van der Waals surface area contributed by atoms with Gasteiger partial charge in [0.25, 0.3) is 0 Å². The summed E-state index contributed by atoms with van der Waals surface area (Å²) in [7, 11) is 0. The molecule has 2 aliphatic rings. The van der Waals surface area contributed by atoms with Crippen molar-refractivity contribution in [1.29, 1.82) is 0 Å². The monoisotopic (exact) mass is 382 g/mol. The van der Waals surface area contributed by atoms with Gasteiger partial charge in [-0.05, 0) is 30.5 Å². The molecule has 0 aromatic heterocycles. The number of carbonyl (C=O) groups excluding carboxylic acids is 2. The molecule has 0 spiro atoms. The van der Waals surface area contributed by atoms with Crippen molar-refractivity contribution in [3.8, 4) is 0 Å². The third kappa shape index (κ3) is 4.10. The highest BCUT2D eigenvalue weighted by molar-refractivity contribution is 8.01. The maximum atomic E-state index is 12.6. The maximum Gasteiger partial charge on any atom is 0.308 e. The van der Waals surface area contributed by atoms with E-state index in [0.717, 1.165) is 4.90 Å². The molecule has 0 aliphatic carbocycles. The number of thioether (sulfide) groups is 1. The number of nitrogens with zero attached hydrogens (tertiary/aromatic N) is 1. The van der Waals surface area contributed by atoms with Crippen LogP contribution in [0.15, 0.2) is 23.1 Å². The minimum Gasteiger partial charge on any atom is -0.481 e. The third-order valence-corrected chi connectivity index (χ3v) is 5.99. The summed E-state index contributed by atoms with van der Waals surface area (Å²) in [6.07, 6.45) is 0.629. The van der Waals surface area contributed by atoms with Crippen molar-refractivity contribution in [2.45, 2.75) is 29.9 Å². The molecule has 1 fully saturated rings. The van der Waals surface area contributed by atoms with Crippen LogP contribution in [0.3, 0.4) is 0 Å². The largest absolute Gasteiger partial charge is 0.481 e. The highest BCUT2D eigenvalue weighted by atomic mass is 35.5. The third-order valence-electron chi connectivity index (χ3n) is 4.48. The molecule has 2 aliphatic heterocycles. The molecule has 1 aromatic rings. The number of hydrogen-bond donors (Lipinski definition) is 2. The first-order chi connectivity index (χ1) is 11.8. The Kier molecular flexibility index (Phi) is 5.24. The fraction of sp³-hybridized carbons (Fsp3) is 0.471. The molecular formula is C17H19ClN2O4S. The number of carboxylic acids is 1. The van der Waals surface area contributed by atoms with Gasteiger partial charge < -0.3 is 15.3 Å². The number of rotatable bonds is 3. The molecule has 25 heavy (non-hydrogen) atoms. The number of nitrogens with one attached hydrogen (secondary N) is 1. The molecule has 3 unspecified atom stereocenters. The number of halogens is 1. The van der Waals surface area contributed by atoms with Gasteiger partial charge >= 0.3 is 5.97 Å². The Balaban J connectivity index is 1.67. The van der Waals surface area contributed by atoms with Gasteiger partial charge in [0.15, 0.2) is 0 Å². The van der Waals surface area contributed by atoms with E-state index in [9.17, 15) is 19.5 Å². The van der Waals surface area contributed by atoms with Gasteiger partial charge in [-0.1, -0.05) is 18.5 Å². The van der Waals surface area contributed by atoms with E-state index in [1.807, 2.05) is 13.0 Å². The molecule has 3 atom stereocenters. The summed E-state index contributed by atoms with van der Waals surface area (Å²) in [5, 5.41) is 12.0. The van der Waals surface area contributed by atoms with Crippen molar-refractivity contribution >= 4 is 46.8 Å². The Labute approximate surface area is 154 Å². The highest BCUT2D eigenvalue weighted by Gasteiger charge is 2.35. The molecule has 0 radical (unpaired) electrons. The van der Waals surface area contributed by atoms with E-state index in [1.54, 1.807) is 17.0 Å². The van der Waals surface area contributed by atoms with E-state index in [0.29, 0.717) is 23.7 Å². The lowest BCUT2D eigenvalue weighted by atomic mass is 9.90. The Hall–Kier alpha value is -1.73. The lowest BCUT2D eigenvalue weighted by Gasteiger charge is -2.35. The second kappa shape index (κ2) is 7.25. The number of anilines is 1. The number of aliphatic carboxylic acids is 1. The summed E-state index contributed by atoms with van der Waals surface area (Å²) in [5.74, 6) is -1.69. The number of benzene rings is 1. The average molecular weight is 383 g/mol. The van der Waals surface area contributed by atoms with Gasteiger partial charge in [0.1, 0.15) is 0 Å². The van der Waals surface area contributed by atoms with Crippen molar-refractivity contribution in [1.82, 2.24) is 4.90 Å². The molecular weight excluding hydrogens is 364 g/mol. The fourth-order valence-corrected chi connectivity index (χ4v) is 4.53. The van der Waals surface area contributed by atoms with Crippen LogP contribution in [-0.4, -0.2) is 46.1 Å². The van der Waals surface area contributed by atoms with Gasteiger partial charge in [-0.3, -0.25) is 14.4 Å². The first-order valence-corrected chi connectivity index (χ1v) is 9.37. The second-order valence-electron chi connectivity index (χ2n) is 6.62. The van der Waals surface area contributed by atoms with Crippen molar-refractivity contribution in [2.75, 3.05) is 18.4 Å². The van der Waals surface area contributed by atoms with Crippen molar-refractivity contribution < 1.29 is 19.5 Å². The summed E-state index contributed by atoms with van der Waals surface area (Å²) < 4.78 is 0. The standard InChI is InChI=1S/C17H19ClN2O4S/c1-9-4-10(17(23)24)8-20(7-9)15(21)6-14-16(22)19-12-5-11(18)2-3-13(12)25-14/h2-3,5,9-10,14H,4,6-8H2,1H3,(H,19,22)(H,23,24). The minimum atomic E-state index is -0.875. The number of piperidine rings is 1. The van der Waals surface area contributed by atoms with Crippen LogP contribution in [-0.2, 0) is 14.4 Å². The zero-order valence-electron chi connectivity index (χ0n) is 13.7. The number of carbonyl (C=O) groups is 3. The van der Waals surface area contributed by atoms with Gasteiger partial charge in [-0.15, -0.1) is 11.8 Å². The van der Waals surface area contributed by atoms with E-state index < -0.39 is 17.1 Å². The lowest BCUT2D eigenvalue weighted by Crippen LogP contribution is -2.47. The van der Waals surface area contributed by atoms with Crippen LogP contribution in [0.5, 0.6) is 0 Å². The summed E-state index contributed by atoms with van der Waals surface area (Å²) >= 11 is 7.27. The van der Waals surface area contributed by atoms with E-state index >= 15 is 0 Å². The van der Waals surface area contributed by atoms with Crippen LogP contribution in [0.25, 0.3) is 0 Å². The fourth-order valence-electron chi connectivity index (χ4n) is 3.28. The molecule has 6 nitrogen and oxygen atoms in total. The molecule has 2 heterocycles. The quantitative estimate of drug-likeness (QED) is 0.839. The van der Waals surface area contributed by atoms with Crippen LogP contribution in [0.1, 0.15) is 19.8 Å². The Morgan fingerprint density at radius 3 is 2.88 bits per heavy atom. The number of amides is 2. The predicted octanol–water partition coefficient (Wildman–Crippen LogP) is 2.71. The Bertz CT molecular complexity index is 727. The predicted molar refractivity (Wildman–Crippen MR) is 95.8 cm³/mol. The molecule has 134 valence electrons. The van der Waals surface area contributed by atoms with Gasteiger partial charge in [-0.2, -0.15) is 0 Å². The number of carboxylic acid groups (broad SMARTS) is 1. The summed E-state index contributed by atoms with van der Waals surface area (Å²) in [4.78, 5) is 38.6. The molecule has 2 amide bonds. The molecule has 1 aromatic carbocycles. The van der Waals surface area contributed by atoms with E-state index in [1.165, 1.54) is 11.8 Å². The topological polar surface area (TPSA) is 86.7 Å². The molecule has 8 heteroatoms. The molecule has 1 saturated heterocycles. The molecule has 2 N–H and O–H groups in total. The van der Waals surface area contributed by atoms with Crippen molar-refractivity contribution in [3.63, 3.8) is 0 Å². The van der Waals surface area contributed by atoms with Gasteiger partial charge in [0, 0.05) is 29.4 Å². The smallest absolute Gasteiger partial charge is 0.308 e. The van der Waals surface area contributed by atoms with Gasteiger partial charge in [0.2, 0.25) is 11.8 Å². The van der Waals surface area contributed by atoms with Gasteiger partial charge in [-0.25, -0.2) is 0 Å². The lowest BCUT2D eigenvalue weighted by molar-refractivity contribution is -0.147. The number of hydrogen-bond acceptors (Lipinski definition) is 4. The average Bonchev–Trinajstić information content (AvgIpc) is 2.55. The molecule has 3 rings (SSSR count). The van der Waals surface area contributed by atoms with Crippen LogP contribution in [0.2, 0.25) is 5.02 Å². The SMILES string of the molecule is CC1CC(C(=O)O)CN(C(=O)CC2Sc3ccc(Cl)cc3NC2=O)C1. The Morgan fingerprint density at radius 1 is 1.40 bits per heavy atom. The van der Waals surface area contributed by atoms with Crippen molar-refractivity contribution in [2.24, 2.45) is 11.8 Å².